The quantitative estimate of drug-likeness (QED) is 0.711. The van der Waals surface area contributed by atoms with Crippen molar-refractivity contribution in [1.82, 2.24) is 4.98 Å². The summed E-state index contributed by atoms with van der Waals surface area (Å²) in [5.41, 5.74) is 4.93. The van der Waals surface area contributed by atoms with E-state index in [1.807, 2.05) is 0 Å². The van der Waals surface area contributed by atoms with Gasteiger partial charge in [-0.1, -0.05) is 6.58 Å². The fourth-order valence-corrected chi connectivity index (χ4v) is 0.744. The monoisotopic (exact) mass is 166 g/mol. The van der Waals surface area contributed by atoms with Gasteiger partial charge in [0.05, 0.1) is 5.69 Å². The number of halogens is 1. The number of nitrogens with zero attached hydrogens (tertiary/aromatic N) is 1. The largest absolute Gasteiger partial charge is 0.364 e. The van der Waals surface area contributed by atoms with Crippen LogP contribution < -0.4 is 5.73 Å². The Morgan fingerprint density at radius 3 is 2.83 bits per heavy atom. The number of hydrogen-bond donors (Lipinski definition) is 1. The molecule has 1 aromatic rings. The van der Waals surface area contributed by atoms with E-state index in [1.165, 1.54) is 12.1 Å². The highest BCUT2D eigenvalue weighted by Crippen LogP contribution is 2.05. The molecule has 0 radical (unpaired) electrons. The van der Waals surface area contributed by atoms with Gasteiger partial charge in [-0.2, -0.15) is 0 Å². The Labute approximate surface area is 68.7 Å². The standard InChI is InChI=1S/C8H7FN2O/c1-2-5-3-4-6(9)7(11-5)8(10)12/h2-4H,1H2,(H2,10,12). The topological polar surface area (TPSA) is 56.0 Å². The number of nitrogens with two attached hydrogens (primary N) is 1. The highest BCUT2D eigenvalue weighted by molar-refractivity contribution is 5.91. The molecule has 0 bridgehead atoms. The summed E-state index contributed by atoms with van der Waals surface area (Å²) in [6.45, 7) is 3.42. The Morgan fingerprint density at radius 2 is 2.33 bits per heavy atom. The molecule has 4 heteroatoms. The minimum absolute atomic E-state index is 0.354. The molecular weight excluding hydrogens is 159 g/mol. The maximum atomic E-state index is 12.8. The van der Waals surface area contributed by atoms with Crippen molar-refractivity contribution < 1.29 is 9.18 Å². The Bertz CT molecular complexity index is 336. The van der Waals surface area contributed by atoms with E-state index in [0.29, 0.717) is 5.69 Å². The van der Waals surface area contributed by atoms with Crippen molar-refractivity contribution in [2.24, 2.45) is 5.73 Å². The number of pyridine rings is 1. The summed E-state index contributed by atoms with van der Waals surface area (Å²) >= 11 is 0. The lowest BCUT2D eigenvalue weighted by Crippen LogP contribution is -2.15. The van der Waals surface area contributed by atoms with E-state index in [2.05, 4.69) is 11.6 Å². The lowest BCUT2D eigenvalue weighted by Gasteiger charge is -1.97. The van der Waals surface area contributed by atoms with Crippen LogP contribution in [0.1, 0.15) is 16.2 Å². The Balaban J connectivity index is 3.25. The lowest BCUT2D eigenvalue weighted by molar-refractivity contribution is 0.0991. The number of aromatic nitrogens is 1. The van der Waals surface area contributed by atoms with Gasteiger partial charge in [0.15, 0.2) is 11.5 Å². The fraction of sp³-hybridized carbons (Fsp3) is 0. The molecule has 0 aliphatic carbocycles. The zero-order chi connectivity index (χ0) is 9.14. The third kappa shape index (κ3) is 1.47. The summed E-state index contributed by atoms with van der Waals surface area (Å²) in [7, 11) is 0. The van der Waals surface area contributed by atoms with Crippen molar-refractivity contribution in [3.05, 3.63) is 35.9 Å². The third-order valence-electron chi connectivity index (χ3n) is 1.31. The molecule has 1 heterocycles. The average molecular weight is 166 g/mol. The van der Waals surface area contributed by atoms with E-state index < -0.39 is 11.7 Å². The van der Waals surface area contributed by atoms with Gasteiger partial charge in [-0.05, 0) is 18.2 Å². The van der Waals surface area contributed by atoms with E-state index in [1.54, 1.807) is 0 Å². The van der Waals surface area contributed by atoms with Gasteiger partial charge in [-0.15, -0.1) is 0 Å². The van der Waals surface area contributed by atoms with Crippen molar-refractivity contribution in [3.63, 3.8) is 0 Å². The van der Waals surface area contributed by atoms with Gasteiger partial charge in [0.25, 0.3) is 5.91 Å². The molecule has 1 aromatic heterocycles. The molecule has 0 saturated heterocycles. The number of rotatable bonds is 2. The Kier molecular flexibility index (Phi) is 2.19. The smallest absolute Gasteiger partial charge is 0.270 e. The first-order valence-electron chi connectivity index (χ1n) is 3.24. The normalized spacial score (nSPS) is 9.42. The molecule has 62 valence electrons. The summed E-state index contributed by atoms with van der Waals surface area (Å²) in [5.74, 6) is -1.59. The van der Waals surface area contributed by atoms with Crippen LogP contribution in [0.3, 0.4) is 0 Å². The van der Waals surface area contributed by atoms with Gasteiger partial charge in [-0.3, -0.25) is 4.79 Å². The van der Waals surface area contributed by atoms with Crippen molar-refractivity contribution in [2.75, 3.05) is 0 Å². The number of hydrogen-bond acceptors (Lipinski definition) is 2. The summed E-state index contributed by atoms with van der Waals surface area (Å²) < 4.78 is 12.8. The molecule has 0 saturated carbocycles. The second-order valence-electron chi connectivity index (χ2n) is 2.13. The second kappa shape index (κ2) is 3.13. The molecular formula is C8H7FN2O. The van der Waals surface area contributed by atoms with Gasteiger partial charge in [0, 0.05) is 0 Å². The van der Waals surface area contributed by atoms with Gasteiger partial charge in [-0.25, -0.2) is 9.37 Å². The predicted octanol–water partition coefficient (Wildman–Crippen LogP) is 0.963. The van der Waals surface area contributed by atoms with Crippen LogP contribution in [0.5, 0.6) is 0 Å². The molecule has 0 atom stereocenters. The number of carbonyl (C=O) groups is 1. The van der Waals surface area contributed by atoms with Crippen LogP contribution in [-0.2, 0) is 0 Å². The molecule has 1 rings (SSSR count). The number of carbonyl (C=O) groups excluding carboxylic acids is 1. The van der Waals surface area contributed by atoms with Gasteiger partial charge in [0.1, 0.15) is 0 Å². The first-order valence-corrected chi connectivity index (χ1v) is 3.24. The van der Waals surface area contributed by atoms with Gasteiger partial charge in [0.2, 0.25) is 0 Å². The minimum atomic E-state index is -0.879. The molecule has 12 heavy (non-hydrogen) atoms. The van der Waals surface area contributed by atoms with Crippen molar-refractivity contribution in [2.45, 2.75) is 0 Å². The van der Waals surface area contributed by atoms with E-state index in [4.69, 9.17) is 5.73 Å². The van der Waals surface area contributed by atoms with Crippen LogP contribution in [0.15, 0.2) is 18.7 Å². The van der Waals surface area contributed by atoms with Crippen LogP contribution >= 0.6 is 0 Å². The van der Waals surface area contributed by atoms with Crippen LogP contribution in [-0.4, -0.2) is 10.9 Å². The highest BCUT2D eigenvalue weighted by atomic mass is 19.1. The molecule has 0 fully saturated rings. The van der Waals surface area contributed by atoms with Gasteiger partial charge < -0.3 is 5.73 Å². The van der Waals surface area contributed by atoms with E-state index >= 15 is 0 Å². The first kappa shape index (κ1) is 8.39. The van der Waals surface area contributed by atoms with E-state index in [9.17, 15) is 9.18 Å². The van der Waals surface area contributed by atoms with Gasteiger partial charge >= 0.3 is 0 Å². The van der Waals surface area contributed by atoms with Crippen LogP contribution in [0.4, 0.5) is 4.39 Å². The fourth-order valence-electron chi connectivity index (χ4n) is 0.744. The zero-order valence-corrected chi connectivity index (χ0v) is 6.25. The molecule has 0 spiro atoms. The van der Waals surface area contributed by atoms with Crippen molar-refractivity contribution in [3.8, 4) is 0 Å². The summed E-state index contributed by atoms with van der Waals surface area (Å²) in [4.78, 5) is 14.2. The molecule has 0 aliphatic heterocycles. The van der Waals surface area contributed by atoms with E-state index in [0.717, 1.165) is 6.07 Å². The van der Waals surface area contributed by atoms with Crippen LogP contribution in [0.2, 0.25) is 0 Å². The minimum Gasteiger partial charge on any atom is -0.364 e. The molecule has 0 unspecified atom stereocenters. The first-order chi connectivity index (χ1) is 5.65. The summed E-state index contributed by atoms with van der Waals surface area (Å²) in [5, 5.41) is 0. The number of primary amides is 1. The van der Waals surface area contributed by atoms with E-state index in [-0.39, 0.29) is 5.69 Å². The zero-order valence-electron chi connectivity index (χ0n) is 6.25. The predicted molar refractivity (Wildman–Crippen MR) is 42.8 cm³/mol. The Morgan fingerprint density at radius 1 is 1.67 bits per heavy atom. The molecule has 0 aliphatic rings. The summed E-state index contributed by atoms with van der Waals surface area (Å²) in [6.07, 6.45) is 1.41. The third-order valence-corrected chi connectivity index (χ3v) is 1.31. The molecule has 3 nitrogen and oxygen atoms in total. The maximum Gasteiger partial charge on any atom is 0.270 e. The highest BCUT2D eigenvalue weighted by Gasteiger charge is 2.09. The SMILES string of the molecule is C=Cc1ccc(F)c(C(N)=O)n1. The molecule has 1 amide bonds. The lowest BCUT2D eigenvalue weighted by atomic mass is 10.3. The van der Waals surface area contributed by atoms with Crippen molar-refractivity contribution in [1.29, 1.82) is 0 Å². The maximum absolute atomic E-state index is 12.8. The molecule has 0 aromatic carbocycles. The second-order valence-corrected chi connectivity index (χ2v) is 2.13. The molecule has 2 N–H and O–H groups in total. The van der Waals surface area contributed by atoms with Crippen molar-refractivity contribution >= 4 is 12.0 Å². The van der Waals surface area contributed by atoms with Crippen LogP contribution in [0, 0.1) is 5.82 Å². The summed E-state index contributed by atoms with van der Waals surface area (Å²) in [6, 6.07) is 2.54. The average Bonchev–Trinajstić information content (AvgIpc) is 2.05. The Hall–Kier alpha value is -1.71. The van der Waals surface area contributed by atoms with Crippen LogP contribution in [0.25, 0.3) is 6.08 Å². The number of amides is 1.